The Hall–Kier alpha value is -3.49. The van der Waals surface area contributed by atoms with Gasteiger partial charge in [-0.05, 0) is 30.5 Å². The Morgan fingerprint density at radius 3 is 2.55 bits per heavy atom. The summed E-state index contributed by atoms with van der Waals surface area (Å²) in [6.07, 6.45) is -1.13. The van der Waals surface area contributed by atoms with Gasteiger partial charge in [0, 0.05) is 10.9 Å². The molecular formula is C25H22N2O4S2. The van der Waals surface area contributed by atoms with Crippen LogP contribution in [0.1, 0.15) is 24.3 Å². The minimum atomic E-state index is -1.11. The highest BCUT2D eigenvalue weighted by molar-refractivity contribution is 7.20. The number of carbonyl (C=O) groups excluding carboxylic acids is 2. The summed E-state index contributed by atoms with van der Waals surface area (Å²) in [7, 11) is 0. The number of hydrogen-bond acceptors (Lipinski definition) is 7. The molecule has 0 fully saturated rings. The van der Waals surface area contributed by atoms with Gasteiger partial charge in [-0.25, -0.2) is 4.98 Å². The maximum atomic E-state index is 13.2. The van der Waals surface area contributed by atoms with E-state index < -0.39 is 18.0 Å². The van der Waals surface area contributed by atoms with Crippen LogP contribution in [0.4, 0.5) is 5.69 Å². The van der Waals surface area contributed by atoms with E-state index in [9.17, 15) is 9.59 Å². The standard InChI is InChI=1S/C25H22N2O4S2/c1-2-30-20-12-7-6-11-19(20)27-24(29)23(17-9-4-3-5-10-17)31-22(28)15-18-16-33-25(26-18)21-13-8-14-32-21/h3-14,16,23H,2,15H2,1H3,(H,27,29). The highest BCUT2D eigenvalue weighted by Gasteiger charge is 2.26. The molecule has 0 aliphatic rings. The molecule has 6 nitrogen and oxygen atoms in total. The summed E-state index contributed by atoms with van der Waals surface area (Å²) in [5, 5.41) is 7.51. The number of thiophene rings is 1. The summed E-state index contributed by atoms with van der Waals surface area (Å²) < 4.78 is 11.2. The normalized spacial score (nSPS) is 11.5. The molecule has 2 aromatic carbocycles. The molecule has 0 saturated carbocycles. The van der Waals surface area contributed by atoms with Gasteiger partial charge < -0.3 is 14.8 Å². The second-order valence-electron chi connectivity index (χ2n) is 7.00. The van der Waals surface area contributed by atoms with E-state index in [0.717, 1.165) is 9.88 Å². The second kappa shape index (κ2) is 10.9. The Labute approximate surface area is 199 Å². The lowest BCUT2D eigenvalue weighted by molar-refractivity contribution is -0.154. The Morgan fingerprint density at radius 1 is 1.00 bits per heavy atom. The average molecular weight is 479 g/mol. The van der Waals surface area contributed by atoms with Crippen LogP contribution in [0.5, 0.6) is 5.75 Å². The Morgan fingerprint density at radius 2 is 1.79 bits per heavy atom. The number of carbonyl (C=O) groups is 2. The fourth-order valence-electron chi connectivity index (χ4n) is 3.17. The molecule has 1 unspecified atom stereocenters. The summed E-state index contributed by atoms with van der Waals surface area (Å²) in [5.41, 5.74) is 1.71. The molecule has 2 aromatic heterocycles. The number of para-hydroxylation sites is 2. The summed E-state index contributed by atoms with van der Waals surface area (Å²) in [6.45, 7) is 2.33. The quantitative estimate of drug-likeness (QED) is 0.311. The Bertz CT molecular complexity index is 1210. The van der Waals surface area contributed by atoms with Crippen molar-refractivity contribution in [2.45, 2.75) is 19.4 Å². The van der Waals surface area contributed by atoms with Crippen molar-refractivity contribution in [3.05, 3.63) is 88.7 Å². The minimum Gasteiger partial charge on any atom is -0.492 e. The maximum absolute atomic E-state index is 13.2. The van der Waals surface area contributed by atoms with E-state index in [0.29, 0.717) is 29.3 Å². The molecular weight excluding hydrogens is 456 g/mol. The predicted molar refractivity (Wildman–Crippen MR) is 131 cm³/mol. The number of rotatable bonds is 9. The van der Waals surface area contributed by atoms with Gasteiger partial charge in [-0.1, -0.05) is 48.5 Å². The third kappa shape index (κ3) is 5.85. The molecule has 0 aliphatic heterocycles. The molecule has 8 heteroatoms. The highest BCUT2D eigenvalue weighted by Crippen LogP contribution is 2.29. The third-order valence-corrected chi connectivity index (χ3v) is 6.57. The van der Waals surface area contributed by atoms with E-state index in [1.165, 1.54) is 11.3 Å². The fraction of sp³-hybridized carbons (Fsp3) is 0.160. The first-order valence-electron chi connectivity index (χ1n) is 10.4. The number of esters is 1. The molecule has 2 heterocycles. The van der Waals surface area contributed by atoms with Gasteiger partial charge in [0.05, 0.1) is 29.3 Å². The molecule has 4 aromatic rings. The van der Waals surface area contributed by atoms with Crippen LogP contribution < -0.4 is 10.1 Å². The van der Waals surface area contributed by atoms with Gasteiger partial charge in [-0.15, -0.1) is 22.7 Å². The Kier molecular flexibility index (Phi) is 7.49. The van der Waals surface area contributed by atoms with E-state index in [4.69, 9.17) is 9.47 Å². The molecule has 4 rings (SSSR count). The van der Waals surface area contributed by atoms with Gasteiger partial charge in [0.25, 0.3) is 5.91 Å². The zero-order valence-electron chi connectivity index (χ0n) is 17.9. The minimum absolute atomic E-state index is 0.0198. The summed E-state index contributed by atoms with van der Waals surface area (Å²) in [5.74, 6) is -0.436. The second-order valence-corrected chi connectivity index (χ2v) is 8.80. The first kappa shape index (κ1) is 22.7. The van der Waals surface area contributed by atoms with E-state index >= 15 is 0 Å². The van der Waals surface area contributed by atoms with Gasteiger partial charge in [-0.3, -0.25) is 9.59 Å². The first-order valence-corrected chi connectivity index (χ1v) is 12.2. The van der Waals surface area contributed by atoms with E-state index in [-0.39, 0.29) is 6.42 Å². The van der Waals surface area contributed by atoms with Crippen LogP contribution in [-0.2, 0) is 20.7 Å². The molecule has 0 aliphatic carbocycles. The molecule has 1 atom stereocenters. The fourth-order valence-corrected chi connectivity index (χ4v) is 4.81. The smallest absolute Gasteiger partial charge is 0.313 e. The lowest BCUT2D eigenvalue weighted by Gasteiger charge is -2.19. The molecule has 33 heavy (non-hydrogen) atoms. The third-order valence-electron chi connectivity index (χ3n) is 4.64. The van der Waals surface area contributed by atoms with Crippen molar-refractivity contribution in [2.24, 2.45) is 0 Å². The lowest BCUT2D eigenvalue weighted by atomic mass is 10.1. The van der Waals surface area contributed by atoms with Crippen molar-refractivity contribution < 1.29 is 19.1 Å². The number of benzene rings is 2. The van der Waals surface area contributed by atoms with Crippen LogP contribution in [0.3, 0.4) is 0 Å². The van der Waals surface area contributed by atoms with Crippen LogP contribution in [0.2, 0.25) is 0 Å². The van der Waals surface area contributed by atoms with E-state index in [2.05, 4.69) is 10.3 Å². The van der Waals surface area contributed by atoms with Gasteiger partial charge in [0.1, 0.15) is 10.8 Å². The van der Waals surface area contributed by atoms with Crippen molar-refractivity contribution >= 4 is 40.2 Å². The van der Waals surface area contributed by atoms with Crippen LogP contribution in [-0.4, -0.2) is 23.5 Å². The van der Waals surface area contributed by atoms with Crippen LogP contribution in [0.15, 0.2) is 77.5 Å². The van der Waals surface area contributed by atoms with Crippen LogP contribution in [0, 0.1) is 0 Å². The molecule has 1 N–H and O–H groups in total. The number of thiazole rings is 1. The molecule has 0 radical (unpaired) electrons. The Balaban J connectivity index is 1.49. The van der Waals surface area contributed by atoms with Gasteiger partial charge in [-0.2, -0.15) is 0 Å². The van der Waals surface area contributed by atoms with Crippen LogP contribution >= 0.6 is 22.7 Å². The molecule has 0 bridgehead atoms. The molecule has 1 amide bonds. The molecule has 0 spiro atoms. The van der Waals surface area contributed by atoms with Gasteiger partial charge in [0.2, 0.25) is 6.10 Å². The largest absolute Gasteiger partial charge is 0.492 e. The van der Waals surface area contributed by atoms with Gasteiger partial charge in [0.15, 0.2) is 0 Å². The predicted octanol–water partition coefficient (Wildman–Crippen LogP) is 5.74. The van der Waals surface area contributed by atoms with E-state index in [1.54, 1.807) is 53.8 Å². The zero-order chi connectivity index (χ0) is 23.0. The molecule has 0 saturated heterocycles. The number of hydrogen-bond donors (Lipinski definition) is 1. The van der Waals surface area contributed by atoms with Gasteiger partial charge >= 0.3 is 5.97 Å². The molecule has 168 valence electrons. The maximum Gasteiger partial charge on any atom is 0.313 e. The van der Waals surface area contributed by atoms with Crippen molar-refractivity contribution in [1.29, 1.82) is 0 Å². The lowest BCUT2D eigenvalue weighted by Crippen LogP contribution is -2.26. The number of amides is 1. The number of nitrogens with one attached hydrogen (secondary N) is 1. The number of nitrogens with zero attached hydrogens (tertiary/aromatic N) is 1. The zero-order valence-corrected chi connectivity index (χ0v) is 19.5. The summed E-state index contributed by atoms with van der Waals surface area (Å²) >= 11 is 3.07. The van der Waals surface area contributed by atoms with Crippen molar-refractivity contribution in [2.75, 3.05) is 11.9 Å². The van der Waals surface area contributed by atoms with Crippen molar-refractivity contribution in [3.8, 4) is 15.6 Å². The monoisotopic (exact) mass is 478 g/mol. The first-order chi connectivity index (χ1) is 16.1. The summed E-state index contributed by atoms with van der Waals surface area (Å²) in [4.78, 5) is 31.5. The van der Waals surface area contributed by atoms with Crippen LogP contribution in [0.25, 0.3) is 9.88 Å². The number of aromatic nitrogens is 1. The number of ether oxygens (including phenoxy) is 2. The number of anilines is 1. The topological polar surface area (TPSA) is 77.5 Å². The average Bonchev–Trinajstić information content (AvgIpc) is 3.52. The SMILES string of the molecule is CCOc1ccccc1NC(=O)C(OC(=O)Cc1csc(-c2cccs2)n1)c1ccccc1. The van der Waals surface area contributed by atoms with Crippen molar-refractivity contribution in [1.82, 2.24) is 4.98 Å². The highest BCUT2D eigenvalue weighted by atomic mass is 32.1. The summed E-state index contributed by atoms with van der Waals surface area (Å²) in [6, 6.07) is 20.0. The van der Waals surface area contributed by atoms with E-state index in [1.807, 2.05) is 41.9 Å². The van der Waals surface area contributed by atoms with Crippen molar-refractivity contribution in [3.63, 3.8) is 0 Å².